The summed E-state index contributed by atoms with van der Waals surface area (Å²) in [5.41, 5.74) is 0. The van der Waals surface area contributed by atoms with Gasteiger partial charge in [-0.2, -0.15) is 0 Å². The fraction of sp³-hybridized carbons (Fsp3) is 0.167. The van der Waals surface area contributed by atoms with Gasteiger partial charge in [-0.1, -0.05) is 35.0 Å². The highest BCUT2D eigenvalue weighted by molar-refractivity contribution is 8.00. The molecule has 104 valence electrons. The average molecular weight is 329 g/mol. The van der Waals surface area contributed by atoms with Gasteiger partial charge in [-0.25, -0.2) is 15.0 Å². The minimum absolute atomic E-state index is 0.237. The van der Waals surface area contributed by atoms with Crippen molar-refractivity contribution in [1.29, 1.82) is 0 Å². The number of amides is 1. The van der Waals surface area contributed by atoms with E-state index in [0.717, 1.165) is 0 Å². The van der Waals surface area contributed by atoms with Crippen LogP contribution in [0.2, 0.25) is 10.0 Å². The van der Waals surface area contributed by atoms with E-state index in [1.165, 1.54) is 24.0 Å². The van der Waals surface area contributed by atoms with Crippen LogP contribution in [-0.2, 0) is 4.79 Å². The second kappa shape index (κ2) is 6.88. The molecule has 0 aliphatic heterocycles. The number of hydrogen-bond acceptors (Lipinski definition) is 5. The fourth-order valence-electron chi connectivity index (χ4n) is 1.28. The van der Waals surface area contributed by atoms with E-state index in [4.69, 9.17) is 23.2 Å². The molecule has 0 aliphatic rings. The Morgan fingerprint density at radius 3 is 2.65 bits per heavy atom. The van der Waals surface area contributed by atoms with Gasteiger partial charge in [-0.3, -0.25) is 4.79 Å². The molecule has 0 saturated carbocycles. The number of halogens is 2. The van der Waals surface area contributed by atoms with Gasteiger partial charge in [0.1, 0.15) is 0 Å². The van der Waals surface area contributed by atoms with Crippen LogP contribution in [0.4, 0.5) is 5.82 Å². The lowest BCUT2D eigenvalue weighted by atomic mass is 10.4. The SMILES string of the molecule is CC(Sc1ncccn1)C(=O)Nc1ncc(Cl)cc1Cl. The molecule has 20 heavy (non-hydrogen) atoms. The van der Waals surface area contributed by atoms with Crippen molar-refractivity contribution in [3.8, 4) is 0 Å². The molecular formula is C12H10Cl2N4OS. The van der Waals surface area contributed by atoms with Crippen molar-refractivity contribution in [3.05, 3.63) is 40.8 Å². The van der Waals surface area contributed by atoms with Crippen molar-refractivity contribution in [2.24, 2.45) is 0 Å². The van der Waals surface area contributed by atoms with E-state index < -0.39 is 0 Å². The Bertz CT molecular complexity index is 612. The van der Waals surface area contributed by atoms with Crippen LogP contribution in [0.3, 0.4) is 0 Å². The van der Waals surface area contributed by atoms with Crippen molar-refractivity contribution in [3.63, 3.8) is 0 Å². The first-order valence-electron chi connectivity index (χ1n) is 5.62. The summed E-state index contributed by atoms with van der Waals surface area (Å²) in [6, 6.07) is 3.23. The first-order chi connectivity index (χ1) is 9.56. The molecule has 5 nitrogen and oxygen atoms in total. The lowest BCUT2D eigenvalue weighted by Crippen LogP contribution is -2.23. The Hall–Kier alpha value is -1.37. The smallest absolute Gasteiger partial charge is 0.238 e. The summed E-state index contributed by atoms with van der Waals surface area (Å²) in [4.78, 5) is 24.1. The quantitative estimate of drug-likeness (QED) is 0.688. The summed E-state index contributed by atoms with van der Waals surface area (Å²) in [7, 11) is 0. The lowest BCUT2D eigenvalue weighted by molar-refractivity contribution is -0.115. The van der Waals surface area contributed by atoms with Gasteiger partial charge in [0.2, 0.25) is 5.91 Å². The van der Waals surface area contributed by atoms with E-state index in [2.05, 4.69) is 20.3 Å². The molecule has 1 amide bonds. The van der Waals surface area contributed by atoms with Crippen LogP contribution in [-0.4, -0.2) is 26.1 Å². The monoisotopic (exact) mass is 328 g/mol. The highest BCUT2D eigenvalue weighted by Gasteiger charge is 2.17. The maximum absolute atomic E-state index is 12.0. The third-order valence-electron chi connectivity index (χ3n) is 2.24. The van der Waals surface area contributed by atoms with Gasteiger partial charge in [0.15, 0.2) is 11.0 Å². The Labute approximate surface area is 130 Å². The summed E-state index contributed by atoms with van der Waals surface area (Å²) < 4.78 is 0. The van der Waals surface area contributed by atoms with Crippen LogP contribution in [0, 0.1) is 0 Å². The number of aromatic nitrogens is 3. The molecule has 2 rings (SSSR count). The number of carbonyl (C=O) groups is 1. The number of hydrogen-bond donors (Lipinski definition) is 1. The summed E-state index contributed by atoms with van der Waals surface area (Å²) >= 11 is 12.9. The van der Waals surface area contributed by atoms with Gasteiger partial charge in [-0.05, 0) is 19.1 Å². The average Bonchev–Trinajstić information content (AvgIpc) is 2.43. The summed E-state index contributed by atoms with van der Waals surface area (Å²) in [5, 5.41) is 3.49. The van der Waals surface area contributed by atoms with E-state index in [-0.39, 0.29) is 17.0 Å². The standard InChI is InChI=1S/C12H10Cl2N4OS/c1-7(20-12-15-3-2-4-16-12)11(19)18-10-9(14)5-8(13)6-17-10/h2-7H,1H3,(H,17,18,19). The predicted molar refractivity (Wildman–Crippen MR) is 80.2 cm³/mol. The largest absolute Gasteiger partial charge is 0.308 e. The normalized spacial score (nSPS) is 11.9. The molecule has 0 aliphatic carbocycles. The van der Waals surface area contributed by atoms with E-state index in [1.54, 1.807) is 25.4 Å². The van der Waals surface area contributed by atoms with Gasteiger partial charge < -0.3 is 5.32 Å². The molecule has 0 radical (unpaired) electrons. The van der Waals surface area contributed by atoms with Crippen LogP contribution < -0.4 is 5.32 Å². The van der Waals surface area contributed by atoms with E-state index in [9.17, 15) is 4.79 Å². The number of nitrogens with zero attached hydrogens (tertiary/aromatic N) is 3. The zero-order valence-electron chi connectivity index (χ0n) is 10.4. The molecular weight excluding hydrogens is 319 g/mol. The van der Waals surface area contributed by atoms with Crippen molar-refractivity contribution in [2.75, 3.05) is 5.32 Å². The minimum atomic E-state index is -0.383. The van der Waals surface area contributed by atoms with Gasteiger partial charge >= 0.3 is 0 Å². The summed E-state index contributed by atoms with van der Waals surface area (Å²) in [6.07, 6.45) is 4.66. The Morgan fingerprint density at radius 2 is 2.00 bits per heavy atom. The first-order valence-corrected chi connectivity index (χ1v) is 7.25. The van der Waals surface area contributed by atoms with Crippen LogP contribution in [0.1, 0.15) is 6.92 Å². The third-order valence-corrected chi connectivity index (χ3v) is 3.73. The molecule has 0 fully saturated rings. The van der Waals surface area contributed by atoms with Gasteiger partial charge in [-0.15, -0.1) is 0 Å². The van der Waals surface area contributed by atoms with E-state index in [1.807, 2.05) is 0 Å². The number of carbonyl (C=O) groups excluding carboxylic acids is 1. The third kappa shape index (κ3) is 4.06. The van der Waals surface area contributed by atoms with E-state index in [0.29, 0.717) is 15.2 Å². The molecule has 1 N–H and O–H groups in total. The van der Waals surface area contributed by atoms with Crippen molar-refractivity contribution in [2.45, 2.75) is 17.3 Å². The van der Waals surface area contributed by atoms with Gasteiger partial charge in [0.25, 0.3) is 0 Å². The fourth-order valence-corrected chi connectivity index (χ4v) is 2.44. The zero-order chi connectivity index (χ0) is 14.5. The minimum Gasteiger partial charge on any atom is -0.308 e. The van der Waals surface area contributed by atoms with Crippen LogP contribution in [0.25, 0.3) is 0 Å². The molecule has 0 bridgehead atoms. The van der Waals surface area contributed by atoms with Gasteiger partial charge in [0, 0.05) is 18.6 Å². The maximum atomic E-state index is 12.0. The Morgan fingerprint density at radius 1 is 1.30 bits per heavy atom. The number of thioether (sulfide) groups is 1. The molecule has 2 aromatic rings. The van der Waals surface area contributed by atoms with Crippen LogP contribution in [0.15, 0.2) is 35.9 Å². The molecule has 2 heterocycles. The highest BCUT2D eigenvalue weighted by atomic mass is 35.5. The number of nitrogens with one attached hydrogen (secondary N) is 1. The van der Waals surface area contributed by atoms with E-state index >= 15 is 0 Å². The van der Waals surface area contributed by atoms with Crippen molar-refractivity contribution < 1.29 is 4.79 Å². The second-order valence-electron chi connectivity index (χ2n) is 3.76. The maximum Gasteiger partial charge on any atom is 0.238 e. The van der Waals surface area contributed by atoms with Crippen LogP contribution >= 0.6 is 35.0 Å². The molecule has 8 heteroatoms. The molecule has 0 saturated heterocycles. The molecule has 1 atom stereocenters. The number of rotatable bonds is 4. The molecule has 1 unspecified atom stereocenters. The molecule has 0 aromatic carbocycles. The second-order valence-corrected chi connectivity index (χ2v) is 5.92. The Balaban J connectivity index is 2.01. The first kappa shape index (κ1) is 15.0. The van der Waals surface area contributed by atoms with Crippen molar-refractivity contribution in [1.82, 2.24) is 15.0 Å². The van der Waals surface area contributed by atoms with Gasteiger partial charge in [0.05, 0.1) is 15.3 Å². The summed E-state index contributed by atoms with van der Waals surface area (Å²) in [6.45, 7) is 1.75. The molecule has 0 spiro atoms. The van der Waals surface area contributed by atoms with Crippen LogP contribution in [0.5, 0.6) is 0 Å². The lowest BCUT2D eigenvalue weighted by Gasteiger charge is -2.11. The van der Waals surface area contributed by atoms with Crippen molar-refractivity contribution >= 4 is 46.7 Å². The Kier molecular flexibility index (Phi) is 5.17. The predicted octanol–water partition coefficient (Wildman–Crippen LogP) is 3.30. The number of anilines is 1. The highest BCUT2D eigenvalue weighted by Crippen LogP contribution is 2.24. The molecule has 2 aromatic heterocycles. The summed E-state index contributed by atoms with van der Waals surface area (Å²) in [5.74, 6) is 0.0432. The topological polar surface area (TPSA) is 67.8 Å². The number of pyridine rings is 1. The zero-order valence-corrected chi connectivity index (χ0v) is 12.7.